The number of benzene rings is 1. The predicted molar refractivity (Wildman–Crippen MR) is 87.3 cm³/mol. The number of carbonyl (C=O) groups excluding carboxylic acids is 1. The number of nitrogen functional groups attached to an aromatic ring is 1. The van der Waals surface area contributed by atoms with Gasteiger partial charge in [0.2, 0.25) is 5.88 Å². The number of hydrogen-bond acceptors (Lipinski definition) is 8. The van der Waals surface area contributed by atoms with Crippen LogP contribution in [0.15, 0.2) is 35.7 Å². The Morgan fingerprint density at radius 3 is 2.67 bits per heavy atom. The average Bonchev–Trinajstić information content (AvgIpc) is 2.56. The van der Waals surface area contributed by atoms with Crippen molar-refractivity contribution in [2.75, 3.05) is 19.4 Å². The summed E-state index contributed by atoms with van der Waals surface area (Å²) >= 11 is 0. The zero-order valence-corrected chi connectivity index (χ0v) is 13.2. The van der Waals surface area contributed by atoms with E-state index in [2.05, 4.69) is 25.3 Å². The molecule has 0 fully saturated rings. The maximum Gasteiger partial charge on any atom is 0.412 e. The number of hydrogen-bond donors (Lipinski definition) is 2. The van der Waals surface area contributed by atoms with Gasteiger partial charge in [-0.05, 0) is 31.2 Å². The molecule has 3 N–H and O–H groups in total. The van der Waals surface area contributed by atoms with Gasteiger partial charge in [0, 0.05) is 6.54 Å². The summed E-state index contributed by atoms with van der Waals surface area (Å²) in [4.78, 5) is 23.9. The maximum atomic E-state index is 11.3. The Hall–Kier alpha value is -3.36. The van der Waals surface area contributed by atoms with Gasteiger partial charge < -0.3 is 25.4 Å². The van der Waals surface area contributed by atoms with E-state index >= 15 is 0 Å². The lowest BCUT2D eigenvalue weighted by Gasteiger charge is -2.09. The molecule has 0 saturated heterocycles. The van der Waals surface area contributed by atoms with Gasteiger partial charge in [0.05, 0.1) is 6.21 Å². The van der Waals surface area contributed by atoms with Crippen LogP contribution in [-0.2, 0) is 4.84 Å². The predicted octanol–water partition coefficient (Wildman–Crippen LogP) is 1.94. The Bertz CT molecular complexity index is 718. The summed E-state index contributed by atoms with van der Waals surface area (Å²) < 4.78 is 10.7. The number of rotatable bonds is 6. The molecule has 0 aliphatic rings. The second-order valence-electron chi connectivity index (χ2n) is 4.39. The Morgan fingerprint density at radius 2 is 2.00 bits per heavy atom. The fourth-order valence-electron chi connectivity index (χ4n) is 1.68. The molecule has 1 heterocycles. The van der Waals surface area contributed by atoms with Crippen LogP contribution in [-0.4, -0.2) is 35.9 Å². The molecule has 2 aromatic rings. The zero-order valence-electron chi connectivity index (χ0n) is 13.2. The largest absolute Gasteiger partial charge is 0.438 e. The number of oxime groups is 1. The van der Waals surface area contributed by atoms with Crippen molar-refractivity contribution < 1.29 is 19.1 Å². The normalized spacial score (nSPS) is 10.4. The molecule has 0 atom stereocenters. The molecule has 0 radical (unpaired) electrons. The van der Waals surface area contributed by atoms with Crippen molar-refractivity contribution in [3.05, 3.63) is 36.2 Å². The van der Waals surface area contributed by atoms with Crippen molar-refractivity contribution >= 4 is 18.1 Å². The monoisotopic (exact) mass is 331 g/mol. The summed E-state index contributed by atoms with van der Waals surface area (Å²) in [5.41, 5.74) is 6.17. The first-order chi connectivity index (χ1) is 11.6. The van der Waals surface area contributed by atoms with Gasteiger partial charge in [-0.25, -0.2) is 14.8 Å². The molecule has 0 aliphatic carbocycles. The van der Waals surface area contributed by atoms with Crippen molar-refractivity contribution in [3.8, 4) is 17.4 Å². The summed E-state index contributed by atoms with van der Waals surface area (Å²) in [6.45, 7) is 2.29. The van der Waals surface area contributed by atoms with Gasteiger partial charge in [-0.2, -0.15) is 0 Å². The molecule has 2 rings (SSSR count). The van der Waals surface area contributed by atoms with Crippen LogP contribution < -0.4 is 20.5 Å². The van der Waals surface area contributed by atoms with E-state index in [9.17, 15) is 4.79 Å². The second kappa shape index (κ2) is 8.32. The molecule has 9 heteroatoms. The molecule has 0 aliphatic heterocycles. The van der Waals surface area contributed by atoms with E-state index in [1.807, 2.05) is 0 Å². The van der Waals surface area contributed by atoms with E-state index in [1.54, 1.807) is 31.2 Å². The summed E-state index contributed by atoms with van der Waals surface area (Å²) in [7, 11) is 1.41. The second-order valence-corrected chi connectivity index (χ2v) is 4.39. The van der Waals surface area contributed by atoms with Crippen molar-refractivity contribution in [3.63, 3.8) is 0 Å². The van der Waals surface area contributed by atoms with Crippen molar-refractivity contribution in [2.24, 2.45) is 5.16 Å². The van der Waals surface area contributed by atoms with E-state index in [0.29, 0.717) is 23.6 Å². The Kier molecular flexibility index (Phi) is 5.89. The molecular formula is C15H17N5O4. The number of aromatic nitrogens is 2. The van der Waals surface area contributed by atoms with E-state index in [-0.39, 0.29) is 11.7 Å². The van der Waals surface area contributed by atoms with Crippen LogP contribution in [0.5, 0.6) is 17.4 Å². The number of anilines is 1. The van der Waals surface area contributed by atoms with Crippen molar-refractivity contribution in [1.29, 1.82) is 0 Å². The maximum absolute atomic E-state index is 11.3. The molecule has 24 heavy (non-hydrogen) atoms. The molecule has 9 nitrogen and oxygen atoms in total. The molecule has 126 valence electrons. The van der Waals surface area contributed by atoms with E-state index < -0.39 is 6.09 Å². The third-order valence-electron chi connectivity index (χ3n) is 2.74. The minimum absolute atomic E-state index is 0.206. The molecular weight excluding hydrogens is 314 g/mol. The third kappa shape index (κ3) is 4.57. The highest BCUT2D eigenvalue weighted by Crippen LogP contribution is 2.26. The fourth-order valence-corrected chi connectivity index (χ4v) is 1.68. The fraction of sp³-hybridized carbons (Fsp3) is 0.200. The van der Waals surface area contributed by atoms with Gasteiger partial charge in [-0.15, -0.1) is 0 Å². The van der Waals surface area contributed by atoms with E-state index in [1.165, 1.54) is 19.7 Å². The minimum Gasteiger partial charge on any atom is -0.438 e. The minimum atomic E-state index is -0.521. The molecule has 0 bridgehead atoms. The Labute approximate surface area is 138 Å². The first-order valence-corrected chi connectivity index (χ1v) is 7.04. The van der Waals surface area contributed by atoms with Crippen LogP contribution in [0.25, 0.3) is 0 Å². The first kappa shape index (κ1) is 17.0. The van der Waals surface area contributed by atoms with Gasteiger partial charge >= 0.3 is 6.09 Å². The van der Waals surface area contributed by atoms with Crippen LogP contribution in [0.2, 0.25) is 0 Å². The van der Waals surface area contributed by atoms with Gasteiger partial charge in [-0.1, -0.05) is 5.16 Å². The smallest absolute Gasteiger partial charge is 0.412 e. The lowest BCUT2D eigenvalue weighted by Crippen LogP contribution is -2.26. The lowest BCUT2D eigenvalue weighted by molar-refractivity contribution is 0.201. The number of nitrogens with one attached hydrogen (secondary N) is 1. The zero-order chi connectivity index (χ0) is 17.4. The molecule has 1 aromatic carbocycles. The topological polar surface area (TPSA) is 121 Å². The summed E-state index contributed by atoms with van der Waals surface area (Å²) in [6, 6.07) is 6.45. The first-order valence-electron chi connectivity index (χ1n) is 7.04. The van der Waals surface area contributed by atoms with Crippen molar-refractivity contribution in [2.45, 2.75) is 6.92 Å². The van der Waals surface area contributed by atoms with Crippen LogP contribution in [0, 0.1) is 0 Å². The highest BCUT2D eigenvalue weighted by atomic mass is 16.6. The molecule has 0 unspecified atom stereocenters. The van der Waals surface area contributed by atoms with Crippen molar-refractivity contribution in [1.82, 2.24) is 15.3 Å². The van der Waals surface area contributed by atoms with E-state index in [0.717, 1.165) is 0 Å². The number of ether oxygens (including phenoxy) is 2. The van der Waals surface area contributed by atoms with Gasteiger partial charge in [0.25, 0.3) is 0 Å². The summed E-state index contributed by atoms with van der Waals surface area (Å²) in [5, 5.41) is 6.17. The summed E-state index contributed by atoms with van der Waals surface area (Å²) in [5.74, 6) is 1.29. The molecule has 1 amide bonds. The highest BCUT2D eigenvalue weighted by molar-refractivity contribution is 5.88. The van der Waals surface area contributed by atoms with Gasteiger partial charge in [-0.3, -0.25) is 0 Å². The Morgan fingerprint density at radius 1 is 1.29 bits per heavy atom. The number of amides is 1. The van der Waals surface area contributed by atoms with Gasteiger partial charge in [0.1, 0.15) is 36.3 Å². The number of nitrogens with zero attached hydrogens (tertiary/aromatic N) is 3. The molecule has 0 spiro atoms. The van der Waals surface area contributed by atoms with Crippen LogP contribution in [0.3, 0.4) is 0 Å². The molecule has 1 aromatic heterocycles. The van der Waals surface area contributed by atoms with E-state index in [4.69, 9.17) is 15.2 Å². The lowest BCUT2D eigenvalue weighted by atomic mass is 10.3. The molecule has 0 saturated carbocycles. The van der Waals surface area contributed by atoms with Gasteiger partial charge in [0.15, 0.2) is 0 Å². The SMILES string of the molecule is CCNC(=O)Oc1ccc(Oc2ncnc(N)c2C=NOC)cc1. The summed E-state index contributed by atoms with van der Waals surface area (Å²) in [6.07, 6.45) is 2.12. The standard InChI is InChI=1S/C15H17N5O4/c1-3-17-15(21)24-11-6-4-10(5-7-11)23-14-12(8-20-22-2)13(16)18-9-19-14/h4-9H,3H2,1-2H3,(H,17,21)(H2,16,18,19). The Balaban J connectivity index is 2.13. The number of nitrogens with two attached hydrogens (primary N) is 1. The third-order valence-corrected chi connectivity index (χ3v) is 2.74. The number of carbonyl (C=O) groups is 1. The van der Waals surface area contributed by atoms with Crippen LogP contribution in [0.4, 0.5) is 10.6 Å². The van der Waals surface area contributed by atoms with Crippen LogP contribution in [0.1, 0.15) is 12.5 Å². The van der Waals surface area contributed by atoms with Crippen LogP contribution >= 0.6 is 0 Å². The highest BCUT2D eigenvalue weighted by Gasteiger charge is 2.10. The average molecular weight is 331 g/mol. The quantitative estimate of drug-likeness (QED) is 0.613.